The Morgan fingerprint density at radius 3 is 3.09 bits per heavy atom. The third-order valence-electron chi connectivity index (χ3n) is 4.48. The van der Waals surface area contributed by atoms with Gasteiger partial charge in [-0.3, -0.25) is 10.00 Å². The van der Waals surface area contributed by atoms with E-state index in [9.17, 15) is 0 Å². The summed E-state index contributed by atoms with van der Waals surface area (Å²) in [5.41, 5.74) is 5.61. The van der Waals surface area contributed by atoms with Crippen LogP contribution in [0.5, 0.6) is 0 Å². The van der Waals surface area contributed by atoms with Crippen LogP contribution in [0, 0.1) is 13.8 Å². The molecule has 1 fully saturated rings. The van der Waals surface area contributed by atoms with Gasteiger partial charge in [-0.05, 0) is 38.9 Å². The minimum atomic E-state index is 0.556. The Labute approximate surface area is 129 Å². The lowest BCUT2D eigenvalue weighted by Gasteiger charge is -2.14. The molecule has 1 aliphatic heterocycles. The van der Waals surface area contributed by atoms with Gasteiger partial charge in [0, 0.05) is 47.8 Å². The van der Waals surface area contributed by atoms with Gasteiger partial charge < -0.3 is 0 Å². The van der Waals surface area contributed by atoms with Gasteiger partial charge in [-0.15, -0.1) is 0 Å². The normalized spacial score (nSPS) is 19.3. The van der Waals surface area contributed by atoms with E-state index < -0.39 is 0 Å². The highest BCUT2D eigenvalue weighted by Gasteiger charge is 2.25. The Balaban J connectivity index is 1.55. The zero-order valence-electron chi connectivity index (χ0n) is 13.0. The number of H-pyrrole nitrogens is 1. The molecular formula is C16H20N6. The quantitative estimate of drug-likeness (QED) is 0.803. The molecule has 1 unspecified atom stereocenters. The Morgan fingerprint density at radius 1 is 1.36 bits per heavy atom. The van der Waals surface area contributed by atoms with Crippen molar-refractivity contribution in [1.82, 2.24) is 29.7 Å². The molecule has 22 heavy (non-hydrogen) atoms. The number of hydrogen-bond donors (Lipinski definition) is 1. The molecule has 1 aliphatic rings. The summed E-state index contributed by atoms with van der Waals surface area (Å²) in [5.74, 6) is 0.556. The Morgan fingerprint density at radius 2 is 2.27 bits per heavy atom. The fourth-order valence-corrected chi connectivity index (χ4v) is 3.39. The number of aromatic amines is 1. The molecule has 4 rings (SSSR count). The molecule has 1 atom stereocenters. The van der Waals surface area contributed by atoms with Crippen LogP contribution in [0.4, 0.5) is 0 Å². The van der Waals surface area contributed by atoms with Crippen molar-refractivity contribution in [1.29, 1.82) is 0 Å². The number of aryl methyl sites for hydroxylation is 2. The van der Waals surface area contributed by atoms with Crippen LogP contribution in [-0.4, -0.2) is 42.8 Å². The smallest absolute Gasteiger partial charge is 0.159 e. The second kappa shape index (κ2) is 5.21. The standard InChI is InChI=1S/C16H20N6/c1-11-7-12(2)22-16(19-11)14(8-18-22)10-21-6-4-13(9-21)15-3-5-17-20-15/h3,5,7-8,13H,4,6,9-10H2,1-2H3,(H,17,20). The van der Waals surface area contributed by atoms with Crippen LogP contribution in [-0.2, 0) is 6.54 Å². The fourth-order valence-electron chi connectivity index (χ4n) is 3.39. The minimum absolute atomic E-state index is 0.556. The van der Waals surface area contributed by atoms with Crippen LogP contribution < -0.4 is 0 Å². The van der Waals surface area contributed by atoms with Gasteiger partial charge in [-0.2, -0.15) is 10.2 Å². The van der Waals surface area contributed by atoms with E-state index in [1.165, 1.54) is 17.7 Å². The van der Waals surface area contributed by atoms with E-state index in [2.05, 4.69) is 44.2 Å². The monoisotopic (exact) mass is 296 g/mol. The largest absolute Gasteiger partial charge is 0.298 e. The first kappa shape index (κ1) is 13.5. The van der Waals surface area contributed by atoms with Gasteiger partial charge in [-0.25, -0.2) is 9.50 Å². The van der Waals surface area contributed by atoms with E-state index in [-0.39, 0.29) is 0 Å². The molecule has 6 heteroatoms. The molecule has 6 nitrogen and oxygen atoms in total. The summed E-state index contributed by atoms with van der Waals surface area (Å²) < 4.78 is 1.94. The summed E-state index contributed by atoms with van der Waals surface area (Å²) in [6.45, 7) is 7.18. The van der Waals surface area contributed by atoms with Gasteiger partial charge in [0.1, 0.15) is 0 Å². The van der Waals surface area contributed by atoms with Crippen molar-refractivity contribution in [3.63, 3.8) is 0 Å². The van der Waals surface area contributed by atoms with Crippen molar-refractivity contribution >= 4 is 5.65 Å². The molecule has 3 aromatic rings. The SMILES string of the molecule is Cc1cc(C)n2ncc(CN3CCC(c4ccn[nH]4)C3)c2n1. The van der Waals surface area contributed by atoms with Crippen molar-refractivity contribution in [2.75, 3.05) is 13.1 Å². The van der Waals surface area contributed by atoms with E-state index >= 15 is 0 Å². The molecule has 3 aromatic heterocycles. The van der Waals surface area contributed by atoms with Crippen molar-refractivity contribution in [3.05, 3.63) is 47.2 Å². The molecule has 0 spiro atoms. The average Bonchev–Trinajstić information content (AvgIpc) is 3.20. The molecule has 0 bridgehead atoms. The number of nitrogens with zero attached hydrogens (tertiary/aromatic N) is 5. The fraction of sp³-hybridized carbons (Fsp3) is 0.438. The van der Waals surface area contributed by atoms with Crippen LogP contribution in [0.1, 0.15) is 35.0 Å². The van der Waals surface area contributed by atoms with Gasteiger partial charge in [0.25, 0.3) is 0 Å². The maximum Gasteiger partial charge on any atom is 0.159 e. The minimum Gasteiger partial charge on any atom is -0.298 e. The molecule has 1 N–H and O–H groups in total. The van der Waals surface area contributed by atoms with Crippen LogP contribution in [0.2, 0.25) is 0 Å². The predicted molar refractivity (Wildman–Crippen MR) is 83.7 cm³/mol. The number of nitrogens with one attached hydrogen (secondary N) is 1. The van der Waals surface area contributed by atoms with Crippen molar-refractivity contribution < 1.29 is 0 Å². The number of rotatable bonds is 3. The summed E-state index contributed by atoms with van der Waals surface area (Å²) in [4.78, 5) is 7.14. The second-order valence-electron chi connectivity index (χ2n) is 6.18. The van der Waals surface area contributed by atoms with E-state index in [0.717, 1.165) is 36.7 Å². The molecule has 1 saturated heterocycles. The van der Waals surface area contributed by atoms with E-state index in [4.69, 9.17) is 0 Å². The van der Waals surface area contributed by atoms with Gasteiger partial charge in [0.05, 0.1) is 6.20 Å². The Bertz CT molecular complexity index is 788. The molecule has 114 valence electrons. The Kier molecular flexibility index (Phi) is 3.18. The summed E-state index contributed by atoms with van der Waals surface area (Å²) >= 11 is 0. The lowest BCUT2D eigenvalue weighted by molar-refractivity contribution is 0.327. The van der Waals surface area contributed by atoms with Gasteiger partial charge >= 0.3 is 0 Å². The summed E-state index contributed by atoms with van der Waals surface area (Å²) in [6, 6.07) is 4.14. The zero-order valence-corrected chi connectivity index (χ0v) is 13.0. The van der Waals surface area contributed by atoms with Crippen molar-refractivity contribution in [2.45, 2.75) is 32.7 Å². The summed E-state index contributed by atoms with van der Waals surface area (Å²) in [6.07, 6.45) is 4.96. The first-order valence-corrected chi connectivity index (χ1v) is 7.73. The zero-order chi connectivity index (χ0) is 15.1. The van der Waals surface area contributed by atoms with Crippen LogP contribution >= 0.6 is 0 Å². The second-order valence-corrected chi connectivity index (χ2v) is 6.18. The first-order valence-electron chi connectivity index (χ1n) is 7.73. The highest BCUT2D eigenvalue weighted by molar-refractivity contribution is 5.47. The maximum atomic E-state index is 4.67. The topological polar surface area (TPSA) is 62.1 Å². The highest BCUT2D eigenvalue weighted by Crippen LogP contribution is 2.27. The third-order valence-corrected chi connectivity index (χ3v) is 4.48. The molecule has 0 saturated carbocycles. The van der Waals surface area contributed by atoms with Crippen molar-refractivity contribution in [2.24, 2.45) is 0 Å². The van der Waals surface area contributed by atoms with E-state index in [1.54, 1.807) is 0 Å². The van der Waals surface area contributed by atoms with E-state index in [0.29, 0.717) is 5.92 Å². The number of hydrogen-bond acceptors (Lipinski definition) is 4. The molecule has 0 aromatic carbocycles. The number of fused-ring (bicyclic) bond motifs is 1. The molecule has 4 heterocycles. The highest BCUT2D eigenvalue weighted by atomic mass is 15.3. The number of likely N-dealkylation sites (tertiary alicyclic amines) is 1. The van der Waals surface area contributed by atoms with Crippen LogP contribution in [0.15, 0.2) is 24.5 Å². The van der Waals surface area contributed by atoms with Gasteiger partial charge in [-0.1, -0.05) is 0 Å². The van der Waals surface area contributed by atoms with Gasteiger partial charge in [0.2, 0.25) is 0 Å². The van der Waals surface area contributed by atoms with Crippen molar-refractivity contribution in [3.8, 4) is 0 Å². The third kappa shape index (κ3) is 2.29. The van der Waals surface area contributed by atoms with Crippen LogP contribution in [0.25, 0.3) is 5.65 Å². The molecule has 0 amide bonds. The summed E-state index contributed by atoms with van der Waals surface area (Å²) in [5, 5.41) is 11.6. The van der Waals surface area contributed by atoms with E-state index in [1.807, 2.05) is 23.8 Å². The molecular weight excluding hydrogens is 276 g/mol. The lowest BCUT2D eigenvalue weighted by Crippen LogP contribution is -2.20. The Hall–Kier alpha value is -2.21. The molecule has 0 radical (unpaired) electrons. The van der Waals surface area contributed by atoms with Crippen LogP contribution in [0.3, 0.4) is 0 Å². The maximum absolute atomic E-state index is 4.67. The first-order chi connectivity index (χ1) is 10.7. The average molecular weight is 296 g/mol. The molecule has 0 aliphatic carbocycles. The summed E-state index contributed by atoms with van der Waals surface area (Å²) in [7, 11) is 0. The predicted octanol–water partition coefficient (Wildman–Crippen LogP) is 2.06. The van der Waals surface area contributed by atoms with Gasteiger partial charge in [0.15, 0.2) is 5.65 Å². The number of aromatic nitrogens is 5. The lowest BCUT2D eigenvalue weighted by atomic mass is 10.1.